The van der Waals surface area contributed by atoms with Crippen LogP contribution in [0.4, 0.5) is 10.5 Å². The first-order chi connectivity index (χ1) is 8.26. The van der Waals surface area contributed by atoms with Crippen molar-refractivity contribution in [2.45, 2.75) is 39.5 Å². The van der Waals surface area contributed by atoms with Gasteiger partial charge in [0.2, 0.25) is 0 Å². The summed E-state index contributed by atoms with van der Waals surface area (Å²) in [6.07, 6.45) is 3.69. The van der Waals surface area contributed by atoms with Gasteiger partial charge in [-0.2, -0.15) is 0 Å². The van der Waals surface area contributed by atoms with E-state index in [0.29, 0.717) is 6.61 Å². The number of amides is 1. The van der Waals surface area contributed by atoms with E-state index in [4.69, 9.17) is 4.74 Å². The van der Waals surface area contributed by atoms with Crippen LogP contribution in [0.5, 0.6) is 0 Å². The second-order valence-electron chi connectivity index (χ2n) is 4.06. The first kappa shape index (κ1) is 13.6. The molecule has 17 heavy (non-hydrogen) atoms. The zero-order valence-corrected chi connectivity index (χ0v) is 10.7. The van der Waals surface area contributed by atoms with E-state index in [9.17, 15) is 4.79 Å². The highest BCUT2D eigenvalue weighted by atomic mass is 16.5. The van der Waals surface area contributed by atoms with Crippen molar-refractivity contribution in [3.63, 3.8) is 0 Å². The fourth-order valence-electron chi connectivity index (χ4n) is 1.56. The Bertz CT molecular complexity index is 350. The third kappa shape index (κ3) is 5.38. The van der Waals surface area contributed by atoms with Gasteiger partial charge in [-0.1, -0.05) is 38.8 Å². The standard InChI is InChI=1S/C14H21NO2/c1-3-5-10-17-14(16)15-13-9-6-8-12(11-13)7-4-2/h6,8-9,11H,3-5,7,10H2,1-2H3,(H,15,16). The SMILES string of the molecule is CCCCOC(=O)Nc1cccc(CCC)c1. The Hall–Kier alpha value is -1.51. The molecule has 0 radical (unpaired) electrons. The monoisotopic (exact) mass is 235 g/mol. The first-order valence-electron chi connectivity index (χ1n) is 6.29. The molecule has 1 amide bonds. The predicted octanol–water partition coefficient (Wildman–Crippen LogP) is 3.99. The van der Waals surface area contributed by atoms with Crippen LogP contribution in [0, 0.1) is 0 Å². The summed E-state index contributed by atoms with van der Waals surface area (Å²) in [4.78, 5) is 11.4. The predicted molar refractivity (Wildman–Crippen MR) is 70.3 cm³/mol. The van der Waals surface area contributed by atoms with Crippen LogP contribution in [0.15, 0.2) is 24.3 Å². The number of unbranched alkanes of at least 4 members (excludes halogenated alkanes) is 1. The fraction of sp³-hybridized carbons (Fsp3) is 0.500. The number of aryl methyl sites for hydroxylation is 1. The van der Waals surface area contributed by atoms with Gasteiger partial charge in [-0.05, 0) is 30.5 Å². The molecule has 0 bridgehead atoms. The minimum atomic E-state index is -0.368. The lowest BCUT2D eigenvalue weighted by atomic mass is 10.1. The van der Waals surface area contributed by atoms with Crippen molar-refractivity contribution >= 4 is 11.8 Å². The van der Waals surface area contributed by atoms with Crippen molar-refractivity contribution in [3.05, 3.63) is 29.8 Å². The highest BCUT2D eigenvalue weighted by Gasteiger charge is 2.02. The van der Waals surface area contributed by atoms with Gasteiger partial charge >= 0.3 is 6.09 Å². The highest BCUT2D eigenvalue weighted by molar-refractivity contribution is 5.84. The van der Waals surface area contributed by atoms with Gasteiger partial charge in [0.05, 0.1) is 6.61 Å². The van der Waals surface area contributed by atoms with Gasteiger partial charge in [0.25, 0.3) is 0 Å². The molecular formula is C14H21NO2. The Balaban J connectivity index is 2.44. The minimum absolute atomic E-state index is 0.368. The average molecular weight is 235 g/mol. The van der Waals surface area contributed by atoms with E-state index in [-0.39, 0.29) is 6.09 Å². The number of hydrogen-bond donors (Lipinski definition) is 1. The van der Waals surface area contributed by atoms with Gasteiger partial charge < -0.3 is 4.74 Å². The van der Waals surface area contributed by atoms with E-state index in [1.165, 1.54) is 5.56 Å². The number of carbonyl (C=O) groups is 1. The molecule has 0 aliphatic heterocycles. The molecule has 1 aromatic carbocycles. The van der Waals surface area contributed by atoms with Crippen LogP contribution in [0.1, 0.15) is 38.7 Å². The zero-order valence-electron chi connectivity index (χ0n) is 10.7. The Morgan fingerprint density at radius 3 is 2.82 bits per heavy atom. The van der Waals surface area contributed by atoms with E-state index in [2.05, 4.69) is 25.2 Å². The van der Waals surface area contributed by atoms with Crippen LogP contribution >= 0.6 is 0 Å². The Morgan fingerprint density at radius 1 is 1.29 bits per heavy atom. The fourth-order valence-corrected chi connectivity index (χ4v) is 1.56. The van der Waals surface area contributed by atoms with Crippen LogP contribution in [-0.4, -0.2) is 12.7 Å². The molecular weight excluding hydrogens is 214 g/mol. The molecule has 3 heteroatoms. The minimum Gasteiger partial charge on any atom is -0.449 e. The third-order valence-electron chi connectivity index (χ3n) is 2.44. The Morgan fingerprint density at radius 2 is 2.12 bits per heavy atom. The lowest BCUT2D eigenvalue weighted by Crippen LogP contribution is -2.14. The summed E-state index contributed by atoms with van der Waals surface area (Å²) in [7, 11) is 0. The normalized spacial score (nSPS) is 10.0. The van der Waals surface area contributed by atoms with Crippen molar-refractivity contribution in [1.29, 1.82) is 0 Å². The third-order valence-corrected chi connectivity index (χ3v) is 2.44. The summed E-state index contributed by atoms with van der Waals surface area (Å²) in [6, 6.07) is 7.88. The van der Waals surface area contributed by atoms with Gasteiger partial charge in [-0.15, -0.1) is 0 Å². The summed E-state index contributed by atoms with van der Waals surface area (Å²) in [6.45, 7) is 4.69. The quantitative estimate of drug-likeness (QED) is 0.757. The van der Waals surface area contributed by atoms with Gasteiger partial charge in [0, 0.05) is 5.69 Å². The van der Waals surface area contributed by atoms with E-state index in [0.717, 1.165) is 31.4 Å². The maximum Gasteiger partial charge on any atom is 0.411 e. The van der Waals surface area contributed by atoms with Gasteiger partial charge in [-0.25, -0.2) is 4.79 Å². The van der Waals surface area contributed by atoms with Crippen molar-refractivity contribution in [2.24, 2.45) is 0 Å². The molecule has 0 aliphatic rings. The van der Waals surface area contributed by atoms with E-state index in [1.807, 2.05) is 18.2 Å². The van der Waals surface area contributed by atoms with Crippen LogP contribution in [0.3, 0.4) is 0 Å². The summed E-state index contributed by atoms with van der Waals surface area (Å²) >= 11 is 0. The number of ether oxygens (including phenoxy) is 1. The molecule has 1 rings (SSSR count). The summed E-state index contributed by atoms with van der Waals surface area (Å²) in [5.41, 5.74) is 2.04. The number of benzene rings is 1. The van der Waals surface area contributed by atoms with Crippen molar-refractivity contribution in [3.8, 4) is 0 Å². The lowest BCUT2D eigenvalue weighted by molar-refractivity contribution is 0.160. The molecule has 94 valence electrons. The molecule has 0 aliphatic carbocycles. The molecule has 0 aromatic heterocycles. The second kappa shape index (κ2) is 7.71. The van der Waals surface area contributed by atoms with Crippen LogP contribution in [0.25, 0.3) is 0 Å². The molecule has 0 spiro atoms. The number of nitrogens with one attached hydrogen (secondary N) is 1. The van der Waals surface area contributed by atoms with Gasteiger partial charge in [0.1, 0.15) is 0 Å². The number of rotatable bonds is 6. The van der Waals surface area contributed by atoms with Crippen LogP contribution < -0.4 is 5.32 Å². The molecule has 1 N–H and O–H groups in total. The molecule has 0 heterocycles. The van der Waals surface area contributed by atoms with Gasteiger partial charge in [-0.3, -0.25) is 5.32 Å². The summed E-state index contributed by atoms with van der Waals surface area (Å²) < 4.78 is 5.04. The van der Waals surface area contributed by atoms with Gasteiger partial charge in [0.15, 0.2) is 0 Å². The first-order valence-corrected chi connectivity index (χ1v) is 6.29. The molecule has 0 saturated heterocycles. The van der Waals surface area contributed by atoms with E-state index in [1.54, 1.807) is 0 Å². The highest BCUT2D eigenvalue weighted by Crippen LogP contribution is 2.12. The molecule has 0 unspecified atom stereocenters. The maximum atomic E-state index is 11.4. The van der Waals surface area contributed by atoms with E-state index >= 15 is 0 Å². The summed E-state index contributed by atoms with van der Waals surface area (Å²) in [5.74, 6) is 0. The topological polar surface area (TPSA) is 38.3 Å². The molecule has 0 fully saturated rings. The average Bonchev–Trinajstić information content (AvgIpc) is 2.30. The number of carbonyl (C=O) groups excluding carboxylic acids is 1. The van der Waals surface area contributed by atoms with Crippen molar-refractivity contribution < 1.29 is 9.53 Å². The molecule has 1 aromatic rings. The molecule has 3 nitrogen and oxygen atoms in total. The zero-order chi connectivity index (χ0) is 12.5. The Labute approximate surface area is 103 Å². The maximum absolute atomic E-state index is 11.4. The summed E-state index contributed by atoms with van der Waals surface area (Å²) in [5, 5.41) is 2.74. The lowest BCUT2D eigenvalue weighted by Gasteiger charge is -2.07. The number of hydrogen-bond acceptors (Lipinski definition) is 2. The largest absolute Gasteiger partial charge is 0.449 e. The molecule has 0 atom stereocenters. The van der Waals surface area contributed by atoms with Crippen molar-refractivity contribution in [2.75, 3.05) is 11.9 Å². The van der Waals surface area contributed by atoms with E-state index < -0.39 is 0 Å². The van der Waals surface area contributed by atoms with Crippen molar-refractivity contribution in [1.82, 2.24) is 0 Å². The molecule has 0 saturated carbocycles. The van der Waals surface area contributed by atoms with Crippen LogP contribution in [-0.2, 0) is 11.2 Å². The number of anilines is 1. The second-order valence-corrected chi connectivity index (χ2v) is 4.06. The smallest absolute Gasteiger partial charge is 0.411 e. The van der Waals surface area contributed by atoms with Crippen LogP contribution in [0.2, 0.25) is 0 Å². The Kier molecular flexibility index (Phi) is 6.15.